The monoisotopic (exact) mass is 542 g/mol. The SMILES string of the molecule is COCCO[C@@H]1[C@H](O)[C@@H](COP(=O)(O)OP(=O)(O)OP(=O)(O)O)O[C@H]1n1ccc(=O)[nH]c1=O. The summed E-state index contributed by atoms with van der Waals surface area (Å²) in [6.07, 6.45) is -4.64. The van der Waals surface area contributed by atoms with E-state index in [9.17, 15) is 33.3 Å². The number of nitrogens with zero attached hydrogens (tertiary/aromatic N) is 1. The lowest BCUT2D eigenvalue weighted by molar-refractivity contribution is -0.0817. The molecule has 6 atom stereocenters. The van der Waals surface area contributed by atoms with Crippen LogP contribution in [0.4, 0.5) is 0 Å². The minimum Gasteiger partial charge on any atom is -0.387 e. The van der Waals surface area contributed by atoms with E-state index in [0.717, 1.165) is 16.8 Å². The Bertz CT molecular complexity index is 1070. The van der Waals surface area contributed by atoms with E-state index in [0.29, 0.717) is 0 Å². The summed E-state index contributed by atoms with van der Waals surface area (Å²) in [5.74, 6) is 0. The van der Waals surface area contributed by atoms with Gasteiger partial charge in [0.05, 0.1) is 19.8 Å². The fourth-order valence-corrected chi connectivity index (χ4v) is 5.66. The number of H-pyrrole nitrogens is 1. The molecule has 1 aromatic rings. The molecule has 2 unspecified atom stereocenters. The van der Waals surface area contributed by atoms with Gasteiger partial charge in [0.15, 0.2) is 6.23 Å². The second kappa shape index (κ2) is 11.1. The van der Waals surface area contributed by atoms with E-state index in [-0.39, 0.29) is 13.2 Å². The average molecular weight is 542 g/mol. The summed E-state index contributed by atoms with van der Waals surface area (Å²) in [6.45, 7) is -0.967. The summed E-state index contributed by atoms with van der Waals surface area (Å²) in [7, 11) is -15.4. The molecule has 21 heteroatoms. The first-order valence-electron chi connectivity index (χ1n) is 8.68. The van der Waals surface area contributed by atoms with Crippen molar-refractivity contribution in [3.05, 3.63) is 33.1 Å². The maximum Gasteiger partial charge on any atom is 0.490 e. The number of ether oxygens (including phenoxy) is 3. The van der Waals surface area contributed by atoms with Gasteiger partial charge < -0.3 is 38.9 Å². The highest BCUT2D eigenvalue weighted by molar-refractivity contribution is 7.66. The van der Waals surface area contributed by atoms with Crippen molar-refractivity contribution in [1.29, 1.82) is 0 Å². The number of aliphatic hydroxyl groups excluding tert-OH is 1. The molecule has 0 aliphatic carbocycles. The molecular weight excluding hydrogens is 521 g/mol. The molecule has 1 saturated heterocycles. The fraction of sp³-hybridized carbons (Fsp3) is 0.667. The van der Waals surface area contributed by atoms with Gasteiger partial charge in [-0.1, -0.05) is 0 Å². The molecule has 6 N–H and O–H groups in total. The normalized spacial score (nSPS) is 27.2. The summed E-state index contributed by atoms with van der Waals surface area (Å²) in [5.41, 5.74) is -1.63. The minimum absolute atomic E-state index is 0.0707. The summed E-state index contributed by atoms with van der Waals surface area (Å²) in [4.78, 5) is 61.1. The van der Waals surface area contributed by atoms with Gasteiger partial charge in [-0.05, 0) is 0 Å². The van der Waals surface area contributed by atoms with Crippen LogP contribution in [-0.2, 0) is 41.1 Å². The molecule has 1 aliphatic heterocycles. The van der Waals surface area contributed by atoms with Crippen LogP contribution < -0.4 is 11.2 Å². The van der Waals surface area contributed by atoms with Crippen LogP contribution in [-0.4, -0.2) is 79.5 Å². The van der Waals surface area contributed by atoms with Crippen LogP contribution in [0, 0.1) is 0 Å². The highest BCUT2D eigenvalue weighted by Gasteiger charge is 2.48. The Hall–Kier alpha value is -1.07. The zero-order valence-corrected chi connectivity index (χ0v) is 19.3. The average Bonchev–Trinajstić information content (AvgIpc) is 2.93. The van der Waals surface area contributed by atoms with E-state index in [1.807, 2.05) is 4.98 Å². The van der Waals surface area contributed by atoms with Gasteiger partial charge in [0.2, 0.25) is 0 Å². The number of aliphatic hydroxyl groups is 1. The maximum atomic E-state index is 12.1. The first-order valence-corrected chi connectivity index (χ1v) is 13.2. The molecule has 0 aromatic carbocycles. The van der Waals surface area contributed by atoms with Crippen molar-refractivity contribution in [1.82, 2.24) is 9.55 Å². The smallest absolute Gasteiger partial charge is 0.387 e. The van der Waals surface area contributed by atoms with Gasteiger partial charge >= 0.3 is 29.2 Å². The molecule has 0 amide bonds. The van der Waals surface area contributed by atoms with Crippen LogP contribution in [0.3, 0.4) is 0 Å². The lowest BCUT2D eigenvalue weighted by atomic mass is 10.1. The van der Waals surface area contributed by atoms with Crippen LogP contribution >= 0.6 is 23.5 Å². The second-order valence-corrected chi connectivity index (χ2v) is 10.7. The number of phosphoric acid groups is 3. The Labute approximate surface area is 184 Å². The van der Waals surface area contributed by atoms with Gasteiger partial charge in [0, 0.05) is 19.4 Å². The molecule has 0 saturated carbocycles. The first-order chi connectivity index (χ1) is 15.1. The lowest BCUT2D eigenvalue weighted by Gasteiger charge is -2.22. The fourth-order valence-electron chi connectivity index (χ4n) is 2.63. The van der Waals surface area contributed by atoms with Crippen molar-refractivity contribution < 1.29 is 65.7 Å². The topological polar surface area (TPSA) is 263 Å². The highest BCUT2D eigenvalue weighted by atomic mass is 31.3. The number of hydrogen-bond acceptors (Lipinski definition) is 12. The van der Waals surface area contributed by atoms with Gasteiger partial charge in [0.1, 0.15) is 18.3 Å². The summed E-state index contributed by atoms with van der Waals surface area (Å²) >= 11 is 0. The molecule has 1 aromatic heterocycles. The number of rotatable bonds is 12. The second-order valence-electron chi connectivity index (χ2n) is 6.29. The third-order valence-electron chi connectivity index (χ3n) is 3.85. The molecule has 190 valence electrons. The number of aromatic amines is 1. The standard InChI is InChI=1S/C12H21N2O16P3/c1-25-4-5-26-10-9(16)7(28-11(10)14-3-2-8(15)13-12(14)17)6-27-32(21,22)30-33(23,24)29-31(18,19)20/h2-3,7,9-11,16H,4-6H2,1H3,(H,21,22)(H,23,24)(H,13,15,17)(H2,18,19,20)/t7-,9-,10-,11-/m1/s1. The van der Waals surface area contributed by atoms with Crippen molar-refractivity contribution in [3.63, 3.8) is 0 Å². The van der Waals surface area contributed by atoms with Crippen molar-refractivity contribution in [2.45, 2.75) is 24.5 Å². The van der Waals surface area contributed by atoms with Crippen LogP contribution in [0.25, 0.3) is 0 Å². The number of hydrogen-bond donors (Lipinski definition) is 6. The van der Waals surface area contributed by atoms with Gasteiger partial charge in [0.25, 0.3) is 5.56 Å². The molecule has 2 heterocycles. The molecule has 0 bridgehead atoms. The van der Waals surface area contributed by atoms with Crippen molar-refractivity contribution in [3.8, 4) is 0 Å². The zero-order valence-electron chi connectivity index (χ0n) is 16.6. The number of nitrogens with one attached hydrogen (secondary N) is 1. The van der Waals surface area contributed by atoms with E-state index in [1.54, 1.807) is 0 Å². The predicted octanol–water partition coefficient (Wildman–Crippen LogP) is -1.83. The number of methoxy groups -OCH3 is 1. The Balaban J connectivity index is 2.15. The summed E-state index contributed by atoms with van der Waals surface area (Å²) < 4.78 is 62.1. The number of phosphoric ester groups is 1. The molecule has 0 spiro atoms. The van der Waals surface area contributed by atoms with Gasteiger partial charge in [-0.15, -0.1) is 0 Å². The van der Waals surface area contributed by atoms with E-state index in [1.165, 1.54) is 7.11 Å². The Morgan fingerprint density at radius 1 is 1.09 bits per heavy atom. The first kappa shape index (κ1) is 28.2. The predicted molar refractivity (Wildman–Crippen MR) is 103 cm³/mol. The van der Waals surface area contributed by atoms with E-state index in [4.69, 9.17) is 28.9 Å². The Kier molecular flexibility index (Phi) is 9.49. The lowest BCUT2D eigenvalue weighted by Crippen LogP contribution is -2.39. The molecule has 33 heavy (non-hydrogen) atoms. The van der Waals surface area contributed by atoms with Crippen molar-refractivity contribution in [2.24, 2.45) is 0 Å². The summed E-state index contributed by atoms with van der Waals surface area (Å²) in [6, 6.07) is 0.989. The Morgan fingerprint density at radius 2 is 1.76 bits per heavy atom. The van der Waals surface area contributed by atoms with Gasteiger partial charge in [-0.25, -0.2) is 18.5 Å². The van der Waals surface area contributed by atoms with Crippen molar-refractivity contribution >= 4 is 23.5 Å². The highest BCUT2D eigenvalue weighted by Crippen LogP contribution is 2.66. The Morgan fingerprint density at radius 3 is 2.33 bits per heavy atom. The molecule has 1 fully saturated rings. The summed E-state index contributed by atoms with van der Waals surface area (Å²) in [5, 5.41) is 10.5. The van der Waals surface area contributed by atoms with Crippen LogP contribution in [0.5, 0.6) is 0 Å². The zero-order chi connectivity index (χ0) is 25.0. The van der Waals surface area contributed by atoms with E-state index >= 15 is 0 Å². The quantitative estimate of drug-likeness (QED) is 0.125. The van der Waals surface area contributed by atoms with E-state index in [2.05, 4.69) is 13.1 Å². The van der Waals surface area contributed by atoms with Crippen LogP contribution in [0.2, 0.25) is 0 Å². The maximum absolute atomic E-state index is 12.1. The van der Waals surface area contributed by atoms with Crippen molar-refractivity contribution in [2.75, 3.05) is 26.9 Å². The molecule has 0 radical (unpaired) electrons. The molecular formula is C12H21N2O16P3. The third-order valence-corrected chi connectivity index (χ3v) is 7.66. The van der Waals surface area contributed by atoms with Gasteiger partial charge in [-0.2, -0.15) is 8.62 Å². The van der Waals surface area contributed by atoms with Crippen LogP contribution in [0.1, 0.15) is 6.23 Å². The molecule has 1 aliphatic rings. The number of aromatic nitrogens is 2. The minimum atomic E-state index is -5.74. The molecule has 18 nitrogen and oxygen atoms in total. The molecule has 2 rings (SSSR count). The van der Waals surface area contributed by atoms with E-state index < -0.39 is 65.9 Å². The third kappa shape index (κ3) is 8.58. The largest absolute Gasteiger partial charge is 0.490 e. The van der Waals surface area contributed by atoms with Crippen LogP contribution in [0.15, 0.2) is 21.9 Å². The van der Waals surface area contributed by atoms with Gasteiger partial charge in [-0.3, -0.25) is 18.9 Å².